The number of allylic oxidation sites excluding steroid dienone is 2. The van der Waals surface area contributed by atoms with Crippen LogP contribution < -0.4 is 0 Å². The Morgan fingerprint density at radius 3 is 2.43 bits per heavy atom. The molecule has 0 saturated heterocycles. The zero-order valence-corrected chi connectivity index (χ0v) is 16.4. The highest BCUT2D eigenvalue weighted by Gasteiger charge is 2.26. The van der Waals surface area contributed by atoms with Crippen molar-refractivity contribution in [1.29, 1.82) is 0 Å². The lowest BCUT2D eigenvalue weighted by Gasteiger charge is -2.18. The van der Waals surface area contributed by atoms with Crippen LogP contribution in [-0.2, 0) is 6.42 Å². The molecule has 1 heterocycles. The van der Waals surface area contributed by atoms with Gasteiger partial charge in [-0.1, -0.05) is 55.1 Å². The number of alkyl halides is 1. The van der Waals surface area contributed by atoms with Gasteiger partial charge >= 0.3 is 0 Å². The molecule has 0 aliphatic heterocycles. The van der Waals surface area contributed by atoms with Gasteiger partial charge in [-0.25, -0.2) is 14.4 Å². The molecule has 0 aliphatic rings. The lowest BCUT2D eigenvalue weighted by Crippen LogP contribution is -2.20. The molecule has 1 atom stereocenters. The number of aryl methyl sites for hydroxylation is 1. The Bertz CT molecular complexity index is 1030. The predicted molar refractivity (Wildman–Crippen MR) is 114 cm³/mol. The molecule has 3 aromatic rings. The molecule has 1 unspecified atom stereocenters. The molecule has 0 saturated carbocycles. The standard InChI is InChI=1S/C24H25FN2O/c1-16(2)19-12-13-20-22(15-19)26-21(11-8-14-24(4,25)17(3)28)23(27-20)18-9-6-5-7-10-18/h5-7,9-10,12-13,15,28H,1,3,8,11,14H2,2,4H3. The normalized spacial score (nSPS) is 13.2. The fourth-order valence-electron chi connectivity index (χ4n) is 3.09. The van der Waals surface area contributed by atoms with E-state index < -0.39 is 11.4 Å². The summed E-state index contributed by atoms with van der Waals surface area (Å²) in [5.74, 6) is -0.438. The molecule has 3 nitrogen and oxygen atoms in total. The van der Waals surface area contributed by atoms with Crippen molar-refractivity contribution < 1.29 is 9.50 Å². The summed E-state index contributed by atoms with van der Waals surface area (Å²) < 4.78 is 14.3. The number of nitrogens with zero attached hydrogens (tertiary/aromatic N) is 2. The molecule has 144 valence electrons. The van der Waals surface area contributed by atoms with Crippen molar-refractivity contribution in [2.45, 2.75) is 38.8 Å². The van der Waals surface area contributed by atoms with Crippen molar-refractivity contribution in [3.63, 3.8) is 0 Å². The van der Waals surface area contributed by atoms with Crippen LogP contribution in [0.3, 0.4) is 0 Å². The lowest BCUT2D eigenvalue weighted by atomic mass is 9.97. The fraction of sp³-hybridized carbons (Fsp3) is 0.250. The summed E-state index contributed by atoms with van der Waals surface area (Å²) >= 11 is 0. The van der Waals surface area contributed by atoms with Gasteiger partial charge < -0.3 is 5.11 Å². The number of fused-ring (bicyclic) bond motifs is 1. The number of aliphatic hydroxyl groups is 1. The van der Waals surface area contributed by atoms with Crippen molar-refractivity contribution in [3.05, 3.63) is 78.7 Å². The van der Waals surface area contributed by atoms with Gasteiger partial charge in [0.25, 0.3) is 0 Å². The van der Waals surface area contributed by atoms with Crippen molar-refractivity contribution in [1.82, 2.24) is 9.97 Å². The van der Waals surface area contributed by atoms with Crippen molar-refractivity contribution in [3.8, 4) is 11.3 Å². The van der Waals surface area contributed by atoms with Gasteiger partial charge in [0, 0.05) is 5.56 Å². The van der Waals surface area contributed by atoms with Crippen LogP contribution in [0.15, 0.2) is 67.4 Å². The van der Waals surface area contributed by atoms with Gasteiger partial charge in [-0.2, -0.15) is 0 Å². The highest BCUT2D eigenvalue weighted by Crippen LogP contribution is 2.29. The van der Waals surface area contributed by atoms with E-state index >= 15 is 0 Å². The molecule has 28 heavy (non-hydrogen) atoms. The Labute approximate surface area is 165 Å². The Morgan fingerprint density at radius 2 is 1.79 bits per heavy atom. The third-order valence-electron chi connectivity index (χ3n) is 4.94. The van der Waals surface area contributed by atoms with Crippen LogP contribution in [0.25, 0.3) is 27.9 Å². The Morgan fingerprint density at radius 1 is 1.07 bits per heavy atom. The van der Waals surface area contributed by atoms with Gasteiger partial charge in [-0.3, -0.25) is 0 Å². The third-order valence-corrected chi connectivity index (χ3v) is 4.94. The van der Waals surface area contributed by atoms with Crippen molar-refractivity contribution >= 4 is 16.6 Å². The van der Waals surface area contributed by atoms with Crippen LogP contribution in [0.5, 0.6) is 0 Å². The predicted octanol–water partition coefficient (Wildman–Crippen LogP) is 6.45. The largest absolute Gasteiger partial charge is 0.510 e. The smallest absolute Gasteiger partial charge is 0.163 e. The molecule has 0 bridgehead atoms. The van der Waals surface area contributed by atoms with Gasteiger partial charge in [0.2, 0.25) is 0 Å². The quantitative estimate of drug-likeness (QED) is 0.482. The van der Waals surface area contributed by atoms with Gasteiger partial charge in [-0.15, -0.1) is 0 Å². The third kappa shape index (κ3) is 4.28. The van der Waals surface area contributed by atoms with Gasteiger partial charge in [-0.05, 0) is 50.8 Å². The number of aliphatic hydroxyl groups excluding tert-OH is 1. The molecular formula is C24H25FN2O. The molecule has 2 aromatic carbocycles. The summed E-state index contributed by atoms with van der Waals surface area (Å²) in [6, 6.07) is 15.8. The first-order valence-corrected chi connectivity index (χ1v) is 9.37. The van der Waals surface area contributed by atoms with E-state index in [1.807, 2.05) is 55.5 Å². The van der Waals surface area contributed by atoms with E-state index in [2.05, 4.69) is 13.2 Å². The van der Waals surface area contributed by atoms with E-state index in [0.29, 0.717) is 12.8 Å². The second kappa shape index (κ2) is 7.93. The summed E-state index contributed by atoms with van der Waals surface area (Å²) in [5.41, 5.74) is 4.39. The van der Waals surface area contributed by atoms with Crippen LogP contribution >= 0.6 is 0 Å². The van der Waals surface area contributed by atoms with Crippen LogP contribution in [-0.4, -0.2) is 20.7 Å². The molecule has 0 fully saturated rings. The fourth-order valence-corrected chi connectivity index (χ4v) is 3.09. The Kier molecular flexibility index (Phi) is 5.59. The second-order valence-electron chi connectivity index (χ2n) is 7.37. The number of hydrogen-bond donors (Lipinski definition) is 1. The number of aromatic nitrogens is 2. The molecule has 0 aliphatic carbocycles. The first-order valence-electron chi connectivity index (χ1n) is 9.37. The average Bonchev–Trinajstić information content (AvgIpc) is 2.67. The number of benzene rings is 2. The molecule has 3 rings (SSSR count). The second-order valence-corrected chi connectivity index (χ2v) is 7.37. The molecule has 1 N–H and O–H groups in total. The van der Waals surface area contributed by atoms with Crippen molar-refractivity contribution in [2.24, 2.45) is 0 Å². The molecule has 0 amide bonds. The summed E-state index contributed by atoms with van der Waals surface area (Å²) in [6.45, 7) is 10.6. The highest BCUT2D eigenvalue weighted by molar-refractivity contribution is 5.82. The zero-order chi connectivity index (χ0) is 20.3. The monoisotopic (exact) mass is 376 g/mol. The van der Waals surface area contributed by atoms with Gasteiger partial charge in [0.05, 0.1) is 22.4 Å². The van der Waals surface area contributed by atoms with E-state index in [1.165, 1.54) is 6.92 Å². The average molecular weight is 376 g/mol. The maximum atomic E-state index is 14.3. The maximum Gasteiger partial charge on any atom is 0.163 e. The van der Waals surface area contributed by atoms with Gasteiger partial charge in [0.1, 0.15) is 5.76 Å². The molecule has 0 spiro atoms. The molecule has 4 heteroatoms. The van der Waals surface area contributed by atoms with Crippen LogP contribution in [0.2, 0.25) is 0 Å². The van der Waals surface area contributed by atoms with Crippen molar-refractivity contribution in [2.75, 3.05) is 0 Å². The first kappa shape index (κ1) is 19.7. The summed E-state index contributed by atoms with van der Waals surface area (Å²) in [7, 11) is 0. The number of rotatable bonds is 7. The Balaban J connectivity index is 2.01. The molecule has 1 aromatic heterocycles. The molecule has 0 radical (unpaired) electrons. The van der Waals surface area contributed by atoms with E-state index in [4.69, 9.17) is 9.97 Å². The van der Waals surface area contributed by atoms with Crippen LogP contribution in [0, 0.1) is 0 Å². The first-order chi connectivity index (χ1) is 13.3. The molecular weight excluding hydrogens is 351 g/mol. The number of halogens is 1. The number of hydrogen-bond acceptors (Lipinski definition) is 3. The minimum Gasteiger partial charge on any atom is -0.510 e. The Hall–Kier alpha value is -3.01. The minimum absolute atomic E-state index is 0.169. The lowest BCUT2D eigenvalue weighted by molar-refractivity contribution is 0.146. The topological polar surface area (TPSA) is 46.0 Å². The van der Waals surface area contributed by atoms with Crippen LogP contribution in [0.1, 0.15) is 37.9 Å². The highest BCUT2D eigenvalue weighted by atomic mass is 19.1. The minimum atomic E-state index is -1.80. The summed E-state index contributed by atoms with van der Waals surface area (Å²) in [4.78, 5) is 9.69. The van der Waals surface area contributed by atoms with E-state index in [-0.39, 0.29) is 6.42 Å². The SMILES string of the molecule is C=C(C)c1ccc2nc(-c3ccccc3)c(CCCC(C)(F)C(=C)O)nc2c1. The van der Waals surface area contributed by atoms with E-state index in [9.17, 15) is 9.50 Å². The summed E-state index contributed by atoms with van der Waals surface area (Å²) in [5, 5.41) is 9.43. The van der Waals surface area contributed by atoms with Gasteiger partial charge in [0.15, 0.2) is 5.67 Å². The zero-order valence-electron chi connectivity index (χ0n) is 16.4. The van der Waals surface area contributed by atoms with E-state index in [0.717, 1.165) is 39.1 Å². The van der Waals surface area contributed by atoms with E-state index in [1.54, 1.807) is 0 Å². The van der Waals surface area contributed by atoms with Crippen LogP contribution in [0.4, 0.5) is 4.39 Å². The summed E-state index contributed by atoms with van der Waals surface area (Å²) in [6.07, 6.45) is 1.24. The maximum absolute atomic E-state index is 14.3.